The van der Waals surface area contributed by atoms with Crippen molar-refractivity contribution in [2.45, 2.75) is 6.18 Å². The van der Waals surface area contributed by atoms with Crippen molar-refractivity contribution in [3.63, 3.8) is 0 Å². The van der Waals surface area contributed by atoms with Crippen molar-refractivity contribution in [1.29, 1.82) is 0 Å². The fourth-order valence-corrected chi connectivity index (χ4v) is 1.46. The van der Waals surface area contributed by atoms with Gasteiger partial charge in [0.25, 0.3) is 0 Å². The van der Waals surface area contributed by atoms with Crippen LogP contribution in [-0.2, 0) is 6.18 Å². The van der Waals surface area contributed by atoms with E-state index in [1.807, 2.05) is 0 Å². The van der Waals surface area contributed by atoms with E-state index in [0.29, 0.717) is 11.1 Å². The summed E-state index contributed by atoms with van der Waals surface area (Å²) >= 11 is 0. The minimum atomic E-state index is -4.39. The number of nitrogen functional groups attached to an aromatic ring is 1. The van der Waals surface area contributed by atoms with Crippen molar-refractivity contribution in [3.05, 3.63) is 47.9 Å². The maximum atomic E-state index is 13.2. The molecule has 2 nitrogen and oxygen atoms in total. The average molecular weight is 256 g/mol. The number of hydrogen-bond acceptors (Lipinski definition) is 2. The highest BCUT2D eigenvalue weighted by Gasteiger charge is 2.29. The molecule has 0 saturated carbocycles. The highest BCUT2D eigenvalue weighted by Crippen LogP contribution is 2.31. The van der Waals surface area contributed by atoms with Crippen LogP contribution in [0.2, 0.25) is 0 Å². The zero-order valence-electron chi connectivity index (χ0n) is 9.00. The SMILES string of the molecule is Nc1ncc(-c2ccc(C(F)(F)F)cc2)cc1F. The third kappa shape index (κ3) is 2.42. The summed E-state index contributed by atoms with van der Waals surface area (Å²) in [5.41, 5.74) is 5.27. The zero-order valence-corrected chi connectivity index (χ0v) is 9.00. The van der Waals surface area contributed by atoms with Gasteiger partial charge >= 0.3 is 6.18 Å². The van der Waals surface area contributed by atoms with Crippen LogP contribution >= 0.6 is 0 Å². The lowest BCUT2D eigenvalue weighted by atomic mass is 10.1. The van der Waals surface area contributed by atoms with Crippen LogP contribution in [0.25, 0.3) is 11.1 Å². The van der Waals surface area contributed by atoms with E-state index in [4.69, 9.17) is 5.73 Å². The molecule has 0 aliphatic carbocycles. The van der Waals surface area contributed by atoms with Gasteiger partial charge in [0, 0.05) is 11.8 Å². The molecule has 18 heavy (non-hydrogen) atoms. The molecule has 94 valence electrons. The number of nitrogens with zero attached hydrogens (tertiary/aromatic N) is 1. The van der Waals surface area contributed by atoms with Crippen LogP contribution in [0.15, 0.2) is 36.5 Å². The smallest absolute Gasteiger partial charge is 0.381 e. The van der Waals surface area contributed by atoms with Gasteiger partial charge in [-0.1, -0.05) is 12.1 Å². The first kappa shape index (κ1) is 12.3. The predicted molar refractivity (Wildman–Crippen MR) is 59.0 cm³/mol. The van der Waals surface area contributed by atoms with Crippen LogP contribution in [0.1, 0.15) is 5.56 Å². The number of rotatable bonds is 1. The number of anilines is 1. The molecular weight excluding hydrogens is 248 g/mol. The first-order valence-electron chi connectivity index (χ1n) is 4.96. The Morgan fingerprint density at radius 2 is 1.61 bits per heavy atom. The molecule has 0 saturated heterocycles. The summed E-state index contributed by atoms with van der Waals surface area (Å²) in [4.78, 5) is 3.61. The van der Waals surface area contributed by atoms with E-state index < -0.39 is 17.6 Å². The second-order valence-electron chi connectivity index (χ2n) is 3.67. The van der Waals surface area contributed by atoms with E-state index in [-0.39, 0.29) is 5.82 Å². The summed E-state index contributed by atoms with van der Waals surface area (Å²) in [5, 5.41) is 0. The summed E-state index contributed by atoms with van der Waals surface area (Å²) in [5.74, 6) is -0.946. The molecule has 2 N–H and O–H groups in total. The van der Waals surface area contributed by atoms with Crippen LogP contribution in [0, 0.1) is 5.82 Å². The molecule has 0 fully saturated rings. The molecule has 1 aromatic carbocycles. The van der Waals surface area contributed by atoms with Gasteiger partial charge in [0.1, 0.15) is 0 Å². The molecule has 0 bridgehead atoms. The van der Waals surface area contributed by atoms with Crippen molar-refractivity contribution in [3.8, 4) is 11.1 Å². The van der Waals surface area contributed by atoms with Crippen molar-refractivity contribution >= 4 is 5.82 Å². The van der Waals surface area contributed by atoms with E-state index in [2.05, 4.69) is 4.98 Å². The molecule has 1 aromatic heterocycles. The lowest BCUT2D eigenvalue weighted by Crippen LogP contribution is -2.04. The molecular formula is C12H8F4N2. The van der Waals surface area contributed by atoms with Gasteiger partial charge in [-0.25, -0.2) is 9.37 Å². The Labute approximate surface area is 100 Å². The van der Waals surface area contributed by atoms with Gasteiger partial charge in [0.2, 0.25) is 0 Å². The fourth-order valence-electron chi connectivity index (χ4n) is 1.46. The van der Waals surface area contributed by atoms with Crippen LogP contribution < -0.4 is 5.73 Å². The number of alkyl halides is 3. The van der Waals surface area contributed by atoms with E-state index in [1.165, 1.54) is 18.3 Å². The van der Waals surface area contributed by atoms with Crippen molar-refractivity contribution in [2.24, 2.45) is 0 Å². The summed E-state index contributed by atoms with van der Waals surface area (Å²) in [6.07, 6.45) is -3.08. The first-order valence-corrected chi connectivity index (χ1v) is 4.96. The normalized spacial score (nSPS) is 11.6. The molecule has 0 aliphatic rings. The minimum Gasteiger partial charge on any atom is -0.381 e. The van der Waals surface area contributed by atoms with E-state index in [1.54, 1.807) is 0 Å². The number of hydrogen-bond donors (Lipinski definition) is 1. The Morgan fingerprint density at radius 1 is 1.00 bits per heavy atom. The van der Waals surface area contributed by atoms with Crippen LogP contribution in [0.5, 0.6) is 0 Å². The molecule has 0 unspecified atom stereocenters. The summed E-state index contributed by atoms with van der Waals surface area (Å²) in [7, 11) is 0. The Hall–Kier alpha value is -2.11. The summed E-state index contributed by atoms with van der Waals surface area (Å²) in [6, 6.07) is 5.52. The van der Waals surface area contributed by atoms with E-state index in [9.17, 15) is 17.6 Å². The number of halogens is 4. The molecule has 1 heterocycles. The second-order valence-corrected chi connectivity index (χ2v) is 3.67. The van der Waals surface area contributed by atoms with Gasteiger partial charge in [-0.15, -0.1) is 0 Å². The maximum Gasteiger partial charge on any atom is 0.416 e. The molecule has 2 rings (SSSR count). The van der Waals surface area contributed by atoms with Crippen LogP contribution in [-0.4, -0.2) is 4.98 Å². The molecule has 0 amide bonds. The zero-order chi connectivity index (χ0) is 13.3. The average Bonchev–Trinajstić information content (AvgIpc) is 2.32. The molecule has 6 heteroatoms. The third-order valence-electron chi connectivity index (χ3n) is 2.42. The first-order chi connectivity index (χ1) is 8.38. The molecule has 0 radical (unpaired) electrons. The molecule has 0 aliphatic heterocycles. The Kier molecular flexibility index (Phi) is 2.94. The van der Waals surface area contributed by atoms with E-state index in [0.717, 1.165) is 18.2 Å². The Morgan fingerprint density at radius 3 is 2.11 bits per heavy atom. The quantitative estimate of drug-likeness (QED) is 0.793. The number of pyridine rings is 1. The van der Waals surface area contributed by atoms with Gasteiger partial charge in [0.05, 0.1) is 5.56 Å². The number of aromatic nitrogens is 1. The minimum absolute atomic E-state index is 0.245. The fraction of sp³-hybridized carbons (Fsp3) is 0.0833. The van der Waals surface area contributed by atoms with Gasteiger partial charge in [-0.2, -0.15) is 13.2 Å². The van der Waals surface area contributed by atoms with Gasteiger partial charge < -0.3 is 5.73 Å². The molecule has 0 atom stereocenters. The van der Waals surface area contributed by atoms with Gasteiger partial charge in [-0.3, -0.25) is 0 Å². The maximum absolute atomic E-state index is 13.2. The Bertz CT molecular complexity index is 561. The standard InChI is InChI=1S/C12H8F4N2/c13-10-5-8(6-18-11(10)17)7-1-3-9(4-2-7)12(14,15)16/h1-6H,(H2,17,18). The molecule has 2 aromatic rings. The Balaban J connectivity index is 2.37. The third-order valence-corrected chi connectivity index (χ3v) is 2.42. The van der Waals surface area contributed by atoms with Crippen molar-refractivity contribution < 1.29 is 17.6 Å². The largest absolute Gasteiger partial charge is 0.416 e. The lowest BCUT2D eigenvalue weighted by Gasteiger charge is -2.08. The monoisotopic (exact) mass is 256 g/mol. The topological polar surface area (TPSA) is 38.9 Å². The van der Waals surface area contributed by atoms with E-state index >= 15 is 0 Å². The second kappa shape index (κ2) is 4.29. The van der Waals surface area contributed by atoms with Crippen LogP contribution in [0.3, 0.4) is 0 Å². The van der Waals surface area contributed by atoms with Crippen LogP contribution in [0.4, 0.5) is 23.4 Å². The molecule has 0 spiro atoms. The van der Waals surface area contributed by atoms with Crippen molar-refractivity contribution in [2.75, 3.05) is 5.73 Å². The number of nitrogens with two attached hydrogens (primary N) is 1. The summed E-state index contributed by atoms with van der Waals surface area (Å²) in [6.45, 7) is 0. The predicted octanol–water partition coefficient (Wildman–Crippen LogP) is 3.49. The highest BCUT2D eigenvalue weighted by molar-refractivity contribution is 5.64. The van der Waals surface area contributed by atoms with Gasteiger partial charge in [-0.05, 0) is 23.8 Å². The van der Waals surface area contributed by atoms with Gasteiger partial charge in [0.15, 0.2) is 11.6 Å². The van der Waals surface area contributed by atoms with Crippen molar-refractivity contribution in [1.82, 2.24) is 4.98 Å². The summed E-state index contributed by atoms with van der Waals surface area (Å²) < 4.78 is 50.2. The highest BCUT2D eigenvalue weighted by atomic mass is 19.4. The number of benzene rings is 1. The lowest BCUT2D eigenvalue weighted by molar-refractivity contribution is -0.137.